The highest BCUT2D eigenvalue weighted by molar-refractivity contribution is 5.69. The summed E-state index contributed by atoms with van der Waals surface area (Å²) in [6.07, 6.45) is 6.67. The van der Waals surface area contributed by atoms with Crippen LogP contribution in [-0.4, -0.2) is 49.9 Å². The van der Waals surface area contributed by atoms with Gasteiger partial charge in [-0.2, -0.15) is 0 Å². The van der Waals surface area contributed by atoms with E-state index in [0.717, 1.165) is 28.6 Å². The number of nitrogens with zero attached hydrogens (tertiary/aromatic N) is 5. The molecule has 0 saturated carbocycles. The van der Waals surface area contributed by atoms with Crippen molar-refractivity contribution in [3.8, 4) is 0 Å². The Morgan fingerprint density at radius 1 is 1.13 bits per heavy atom. The molecule has 1 fully saturated rings. The maximum atomic E-state index is 12.4. The summed E-state index contributed by atoms with van der Waals surface area (Å²) < 4.78 is 5.61. The molecule has 2 aromatic heterocycles. The Kier molecular flexibility index (Phi) is 4.14. The summed E-state index contributed by atoms with van der Waals surface area (Å²) in [7, 11) is 5.50. The van der Waals surface area contributed by atoms with Gasteiger partial charge >= 0.3 is 5.69 Å². The van der Waals surface area contributed by atoms with E-state index in [0.29, 0.717) is 11.2 Å². The Hall–Kier alpha value is -1.89. The Bertz CT molecular complexity index is 823. The van der Waals surface area contributed by atoms with Crippen LogP contribution in [0.1, 0.15) is 25.7 Å². The second-order valence-electron chi connectivity index (χ2n) is 7.02. The van der Waals surface area contributed by atoms with Gasteiger partial charge in [0.1, 0.15) is 0 Å². The van der Waals surface area contributed by atoms with E-state index in [1.807, 2.05) is 4.57 Å². The van der Waals surface area contributed by atoms with Crippen molar-refractivity contribution in [3.63, 3.8) is 0 Å². The molecule has 1 aliphatic rings. The van der Waals surface area contributed by atoms with Gasteiger partial charge in [0.25, 0.3) is 5.56 Å². The molecule has 2 aromatic rings. The van der Waals surface area contributed by atoms with Gasteiger partial charge in [-0.3, -0.25) is 13.9 Å². The van der Waals surface area contributed by atoms with Crippen molar-refractivity contribution in [1.29, 1.82) is 0 Å². The number of rotatable bonds is 4. The van der Waals surface area contributed by atoms with E-state index in [2.05, 4.69) is 12.0 Å². The average molecular weight is 320 g/mol. The molecule has 0 spiro atoms. The topological polar surface area (TPSA) is 61.8 Å². The van der Waals surface area contributed by atoms with E-state index in [9.17, 15) is 9.59 Å². The lowest BCUT2D eigenvalue weighted by atomic mass is 10.1. The number of aromatic nitrogens is 4. The van der Waals surface area contributed by atoms with Crippen molar-refractivity contribution < 1.29 is 4.48 Å². The predicted octanol–water partition coefficient (Wildman–Crippen LogP) is 0.454. The highest BCUT2D eigenvalue weighted by Gasteiger charge is 2.24. The molecule has 0 atom stereocenters. The third-order valence-electron chi connectivity index (χ3n) is 5.21. The van der Waals surface area contributed by atoms with Crippen LogP contribution in [0.15, 0.2) is 15.9 Å². The van der Waals surface area contributed by atoms with Crippen molar-refractivity contribution in [3.05, 3.63) is 27.2 Å². The van der Waals surface area contributed by atoms with Gasteiger partial charge in [-0.15, -0.1) is 0 Å². The van der Waals surface area contributed by atoms with Crippen molar-refractivity contribution >= 4 is 11.2 Å². The van der Waals surface area contributed by atoms with Crippen molar-refractivity contribution in [2.75, 3.05) is 26.7 Å². The van der Waals surface area contributed by atoms with E-state index in [1.165, 1.54) is 44.0 Å². The van der Waals surface area contributed by atoms with E-state index >= 15 is 0 Å². The van der Waals surface area contributed by atoms with Crippen LogP contribution in [0.2, 0.25) is 0 Å². The highest BCUT2D eigenvalue weighted by atomic mass is 16.2. The molecule has 23 heavy (non-hydrogen) atoms. The molecule has 3 heterocycles. The molecule has 1 aliphatic heterocycles. The first-order chi connectivity index (χ1) is 10.9. The number of piperidine rings is 1. The van der Waals surface area contributed by atoms with Gasteiger partial charge in [-0.05, 0) is 19.3 Å². The molecular weight excluding hydrogens is 294 g/mol. The summed E-state index contributed by atoms with van der Waals surface area (Å²) in [6.45, 7) is 4.38. The fourth-order valence-electron chi connectivity index (χ4n) is 3.69. The Labute approximate surface area is 135 Å². The third-order valence-corrected chi connectivity index (χ3v) is 5.21. The maximum absolute atomic E-state index is 12.4. The van der Waals surface area contributed by atoms with Crippen molar-refractivity contribution in [1.82, 2.24) is 18.7 Å². The zero-order valence-corrected chi connectivity index (χ0v) is 14.3. The molecular formula is C16H26N5O2+. The standard InChI is InChI=1S/C16H26N5O2/c1-18-14-13(15(22)19(2)16(18)23)20(12-17-14)8-7-11-21(3)9-5-4-6-10-21/h12H,4-11H2,1-3H3/q+1. The molecule has 1 saturated heterocycles. The van der Waals surface area contributed by atoms with Crippen LogP contribution < -0.4 is 11.2 Å². The van der Waals surface area contributed by atoms with Gasteiger partial charge < -0.3 is 9.05 Å². The van der Waals surface area contributed by atoms with Crippen LogP contribution in [0, 0.1) is 0 Å². The molecule has 7 nitrogen and oxygen atoms in total. The third kappa shape index (κ3) is 2.85. The fraction of sp³-hybridized carbons (Fsp3) is 0.688. The summed E-state index contributed by atoms with van der Waals surface area (Å²) in [5.74, 6) is 0. The molecule has 0 aromatic carbocycles. The summed E-state index contributed by atoms with van der Waals surface area (Å²) in [5.41, 5.74) is 0.394. The van der Waals surface area contributed by atoms with Crippen molar-refractivity contribution in [2.24, 2.45) is 14.1 Å². The Balaban J connectivity index is 1.82. The quantitative estimate of drug-likeness (QED) is 0.769. The molecule has 0 unspecified atom stereocenters. The minimum Gasteiger partial charge on any atom is -0.326 e. The minimum atomic E-state index is -0.334. The van der Waals surface area contributed by atoms with Gasteiger partial charge in [0.05, 0.1) is 33.0 Å². The number of aryl methyl sites for hydroxylation is 2. The largest absolute Gasteiger partial charge is 0.332 e. The highest BCUT2D eigenvalue weighted by Crippen LogP contribution is 2.17. The molecule has 3 rings (SSSR count). The van der Waals surface area contributed by atoms with Gasteiger partial charge in [0, 0.05) is 27.1 Å². The van der Waals surface area contributed by atoms with Crippen LogP contribution in [-0.2, 0) is 20.6 Å². The monoisotopic (exact) mass is 320 g/mol. The zero-order valence-electron chi connectivity index (χ0n) is 14.3. The first kappa shape index (κ1) is 16.0. The smallest absolute Gasteiger partial charge is 0.326 e. The maximum Gasteiger partial charge on any atom is 0.332 e. The molecule has 0 aliphatic carbocycles. The second kappa shape index (κ2) is 5.96. The molecule has 0 N–H and O–H groups in total. The summed E-state index contributed by atoms with van der Waals surface area (Å²) in [4.78, 5) is 28.6. The first-order valence-corrected chi connectivity index (χ1v) is 8.37. The number of hydrogen-bond acceptors (Lipinski definition) is 3. The van der Waals surface area contributed by atoms with Crippen LogP contribution >= 0.6 is 0 Å². The lowest BCUT2D eigenvalue weighted by molar-refractivity contribution is -0.914. The van der Waals surface area contributed by atoms with Gasteiger partial charge in [-0.1, -0.05) is 0 Å². The Morgan fingerprint density at radius 2 is 1.83 bits per heavy atom. The number of hydrogen-bond donors (Lipinski definition) is 0. The van der Waals surface area contributed by atoms with E-state index in [1.54, 1.807) is 13.4 Å². The lowest BCUT2D eigenvalue weighted by Gasteiger charge is -2.37. The van der Waals surface area contributed by atoms with E-state index in [4.69, 9.17) is 0 Å². The predicted molar refractivity (Wildman–Crippen MR) is 89.5 cm³/mol. The van der Waals surface area contributed by atoms with Crippen LogP contribution in [0.4, 0.5) is 0 Å². The first-order valence-electron chi connectivity index (χ1n) is 8.37. The van der Waals surface area contributed by atoms with Crippen LogP contribution in [0.5, 0.6) is 0 Å². The lowest BCUT2D eigenvalue weighted by Crippen LogP contribution is -2.48. The second-order valence-corrected chi connectivity index (χ2v) is 7.02. The van der Waals surface area contributed by atoms with Gasteiger partial charge in [-0.25, -0.2) is 9.78 Å². The number of likely N-dealkylation sites (tertiary alicyclic amines) is 1. The Morgan fingerprint density at radius 3 is 2.52 bits per heavy atom. The van der Waals surface area contributed by atoms with E-state index < -0.39 is 0 Å². The van der Waals surface area contributed by atoms with Crippen LogP contribution in [0.25, 0.3) is 11.2 Å². The number of imidazole rings is 1. The number of quaternary nitrogens is 1. The SMILES string of the molecule is Cn1c(=O)c2c(ncn2CCC[N+]2(C)CCCCC2)n(C)c1=O. The summed E-state index contributed by atoms with van der Waals surface area (Å²) >= 11 is 0. The molecule has 126 valence electrons. The van der Waals surface area contributed by atoms with Gasteiger partial charge in [0.2, 0.25) is 0 Å². The normalized spacial score (nSPS) is 17.7. The van der Waals surface area contributed by atoms with Crippen LogP contribution in [0.3, 0.4) is 0 Å². The van der Waals surface area contributed by atoms with E-state index in [-0.39, 0.29) is 11.2 Å². The minimum absolute atomic E-state index is 0.265. The van der Waals surface area contributed by atoms with Crippen molar-refractivity contribution in [2.45, 2.75) is 32.2 Å². The molecule has 0 radical (unpaired) electrons. The molecule has 0 amide bonds. The molecule has 0 bridgehead atoms. The number of fused-ring (bicyclic) bond motifs is 1. The average Bonchev–Trinajstić information content (AvgIpc) is 2.95. The molecule has 7 heteroatoms. The van der Waals surface area contributed by atoms with Gasteiger partial charge in [0.15, 0.2) is 11.2 Å². The summed E-state index contributed by atoms with van der Waals surface area (Å²) in [6, 6.07) is 0. The summed E-state index contributed by atoms with van der Waals surface area (Å²) in [5, 5.41) is 0. The fourth-order valence-corrected chi connectivity index (χ4v) is 3.69. The zero-order chi connectivity index (χ0) is 16.6.